The Morgan fingerprint density at radius 3 is 2.32 bits per heavy atom. The van der Waals surface area contributed by atoms with Crippen molar-refractivity contribution in [3.8, 4) is 21.8 Å². The smallest absolute Gasteiger partial charge is 0.335 e. The maximum Gasteiger partial charge on any atom is 0.335 e. The zero-order chi connectivity index (χ0) is 24.9. The van der Waals surface area contributed by atoms with Crippen molar-refractivity contribution < 1.29 is 14.6 Å². The molecule has 0 atom stereocenters. The van der Waals surface area contributed by atoms with Crippen molar-refractivity contribution in [2.45, 2.75) is 19.3 Å². The molecule has 2 aromatic carbocycles. The number of carboxylic acid groups (broad SMARTS) is 1. The second kappa shape index (κ2) is 12.5. The van der Waals surface area contributed by atoms with Gasteiger partial charge in [0.15, 0.2) is 0 Å². The number of methoxy groups -OCH3 is 1. The highest BCUT2D eigenvalue weighted by Crippen LogP contribution is 2.30. The molecule has 1 aliphatic heterocycles. The summed E-state index contributed by atoms with van der Waals surface area (Å²) in [5.74, 6) is -0.934. The topological polar surface area (TPSA) is 83.2 Å². The molecule has 2 aromatic heterocycles. The number of aromatic carboxylic acids is 1. The number of piperazine rings is 1. The fraction of sp³-hybridized carbons (Fsp3) is 0.370. The van der Waals surface area contributed by atoms with Crippen LogP contribution in [0.4, 0.5) is 5.69 Å². The highest BCUT2D eigenvalue weighted by Gasteiger charge is 2.17. The number of fused-ring (bicyclic) bond motifs is 1. The molecule has 8 nitrogen and oxygen atoms in total. The van der Waals surface area contributed by atoms with Gasteiger partial charge in [-0.3, -0.25) is 4.90 Å². The Hall–Kier alpha value is -2.98. The van der Waals surface area contributed by atoms with E-state index in [4.69, 9.17) is 14.9 Å². The van der Waals surface area contributed by atoms with E-state index in [0.717, 1.165) is 66.0 Å². The van der Waals surface area contributed by atoms with Crippen LogP contribution in [-0.4, -0.2) is 77.0 Å². The molecule has 37 heavy (non-hydrogen) atoms. The zero-order valence-electron chi connectivity index (χ0n) is 20.9. The van der Waals surface area contributed by atoms with Crippen LogP contribution in [0.2, 0.25) is 0 Å². The number of benzene rings is 2. The first-order valence-electron chi connectivity index (χ1n) is 12.4. The van der Waals surface area contributed by atoms with Crippen molar-refractivity contribution in [1.82, 2.24) is 19.5 Å². The Kier molecular flexibility index (Phi) is 9.15. The number of halogens is 1. The molecule has 0 unspecified atom stereocenters. The Morgan fingerprint density at radius 2 is 1.68 bits per heavy atom. The maximum atomic E-state index is 11.1. The highest BCUT2D eigenvalue weighted by atomic mass is 35.5. The molecule has 0 radical (unpaired) electrons. The van der Waals surface area contributed by atoms with Crippen LogP contribution in [0.1, 0.15) is 29.6 Å². The number of rotatable bonds is 10. The van der Waals surface area contributed by atoms with Crippen LogP contribution in [0.25, 0.3) is 26.8 Å². The van der Waals surface area contributed by atoms with Crippen LogP contribution in [0.3, 0.4) is 0 Å². The number of imidazole rings is 1. The zero-order valence-corrected chi connectivity index (χ0v) is 22.5. The summed E-state index contributed by atoms with van der Waals surface area (Å²) >= 11 is 1.55. The van der Waals surface area contributed by atoms with Crippen molar-refractivity contribution in [2.75, 3.05) is 51.3 Å². The molecule has 0 saturated carbocycles. The summed E-state index contributed by atoms with van der Waals surface area (Å²) in [5.41, 5.74) is 4.25. The van der Waals surface area contributed by atoms with E-state index in [1.807, 2.05) is 6.20 Å². The van der Waals surface area contributed by atoms with Gasteiger partial charge in [-0.1, -0.05) is 23.5 Å². The molecular weight excluding hydrogens is 510 g/mol. The quantitative estimate of drug-likeness (QED) is 0.277. The summed E-state index contributed by atoms with van der Waals surface area (Å²) in [7, 11) is 1.77. The number of anilines is 1. The molecule has 1 saturated heterocycles. The average Bonchev–Trinajstić information content (AvgIpc) is 3.49. The van der Waals surface area contributed by atoms with Crippen molar-refractivity contribution in [2.24, 2.45) is 0 Å². The first-order chi connectivity index (χ1) is 17.6. The van der Waals surface area contributed by atoms with Crippen LogP contribution in [0.5, 0.6) is 0 Å². The van der Waals surface area contributed by atoms with E-state index in [-0.39, 0.29) is 18.0 Å². The summed E-state index contributed by atoms with van der Waals surface area (Å²) in [6.45, 7) is 6.37. The highest BCUT2D eigenvalue weighted by molar-refractivity contribution is 7.19. The van der Waals surface area contributed by atoms with E-state index in [1.165, 1.54) is 25.1 Å². The lowest BCUT2D eigenvalue weighted by molar-refractivity contribution is 0.0697. The van der Waals surface area contributed by atoms with Gasteiger partial charge in [0.2, 0.25) is 4.96 Å². The van der Waals surface area contributed by atoms with Crippen molar-refractivity contribution in [3.05, 3.63) is 60.3 Å². The number of carbonyl (C=O) groups is 1. The van der Waals surface area contributed by atoms with Gasteiger partial charge in [-0.05, 0) is 62.2 Å². The number of nitrogens with zero attached hydrogens (tertiary/aromatic N) is 5. The second-order valence-electron chi connectivity index (χ2n) is 9.07. The predicted molar refractivity (Wildman–Crippen MR) is 150 cm³/mol. The fourth-order valence-electron chi connectivity index (χ4n) is 4.54. The van der Waals surface area contributed by atoms with E-state index in [1.54, 1.807) is 47.2 Å². The van der Waals surface area contributed by atoms with Crippen molar-refractivity contribution in [1.29, 1.82) is 0 Å². The Bertz CT molecular complexity index is 1270. The lowest BCUT2D eigenvalue weighted by atomic mass is 10.1. The van der Waals surface area contributed by atoms with E-state index in [2.05, 4.69) is 39.0 Å². The summed E-state index contributed by atoms with van der Waals surface area (Å²) in [5, 5.41) is 14.7. The molecule has 5 rings (SSSR count). The Morgan fingerprint density at radius 1 is 0.973 bits per heavy atom. The minimum absolute atomic E-state index is 0. The third kappa shape index (κ3) is 6.48. The van der Waals surface area contributed by atoms with Gasteiger partial charge in [-0.25, -0.2) is 14.3 Å². The average molecular weight is 542 g/mol. The molecule has 3 heterocycles. The number of aromatic nitrogens is 3. The Balaban J connectivity index is 0.00000320. The van der Waals surface area contributed by atoms with Gasteiger partial charge in [0.1, 0.15) is 5.01 Å². The number of ether oxygens (including phenoxy) is 1. The summed E-state index contributed by atoms with van der Waals surface area (Å²) in [6.07, 6.45) is 5.51. The van der Waals surface area contributed by atoms with Crippen LogP contribution < -0.4 is 4.90 Å². The normalized spacial score (nSPS) is 14.1. The first-order valence-corrected chi connectivity index (χ1v) is 13.2. The monoisotopic (exact) mass is 541 g/mol. The van der Waals surface area contributed by atoms with Gasteiger partial charge in [0.05, 0.1) is 17.5 Å². The SMILES string of the molecule is COCCCCCN1CCN(c2ccc(-c3nn4cc(-c5ccc(C(=O)O)cc5)nc4s3)cc2)CC1.Cl. The second-order valence-corrected chi connectivity index (χ2v) is 10.0. The molecule has 0 bridgehead atoms. The lowest BCUT2D eigenvalue weighted by Crippen LogP contribution is -2.46. The van der Waals surface area contributed by atoms with E-state index < -0.39 is 5.97 Å². The minimum Gasteiger partial charge on any atom is -0.478 e. The molecule has 0 aliphatic carbocycles. The summed E-state index contributed by atoms with van der Waals surface area (Å²) in [6, 6.07) is 15.4. The summed E-state index contributed by atoms with van der Waals surface area (Å²) < 4.78 is 6.93. The minimum atomic E-state index is -0.934. The molecule has 1 aliphatic rings. The standard InChI is InChI=1S/C27H31N5O3S.ClH/c1-35-18-4-2-3-13-30-14-16-31(17-15-30)23-11-9-21(10-12-23)25-29-32-19-24(28-27(32)36-25)20-5-7-22(8-6-20)26(33)34;/h5-12,19H,2-4,13-18H2,1H3,(H,33,34);1H. The number of hydrogen-bond acceptors (Lipinski definition) is 7. The molecule has 196 valence electrons. The van der Waals surface area contributed by atoms with Crippen LogP contribution in [0, 0.1) is 0 Å². The van der Waals surface area contributed by atoms with Crippen LogP contribution in [0.15, 0.2) is 54.7 Å². The van der Waals surface area contributed by atoms with Gasteiger partial charge in [-0.15, -0.1) is 12.4 Å². The van der Waals surface area contributed by atoms with Gasteiger partial charge in [-0.2, -0.15) is 5.10 Å². The molecule has 0 amide bonds. The number of unbranched alkanes of at least 4 members (excludes halogenated alkanes) is 2. The van der Waals surface area contributed by atoms with Crippen molar-refractivity contribution in [3.63, 3.8) is 0 Å². The van der Waals surface area contributed by atoms with Crippen molar-refractivity contribution >= 4 is 40.4 Å². The predicted octanol–water partition coefficient (Wildman–Crippen LogP) is 5.18. The molecular formula is C27H32ClN5O3S. The van der Waals surface area contributed by atoms with Gasteiger partial charge < -0.3 is 14.7 Å². The van der Waals surface area contributed by atoms with E-state index in [0.29, 0.717) is 0 Å². The molecule has 1 N–H and O–H groups in total. The first kappa shape index (κ1) is 27.1. The van der Waals surface area contributed by atoms with Gasteiger partial charge >= 0.3 is 5.97 Å². The third-order valence-electron chi connectivity index (χ3n) is 6.65. The van der Waals surface area contributed by atoms with E-state index >= 15 is 0 Å². The van der Waals surface area contributed by atoms with Gasteiger partial charge in [0, 0.05) is 56.7 Å². The Labute approximate surface area is 226 Å². The van der Waals surface area contributed by atoms with Gasteiger partial charge in [0.25, 0.3) is 0 Å². The third-order valence-corrected chi connectivity index (χ3v) is 7.62. The van der Waals surface area contributed by atoms with Crippen LogP contribution in [-0.2, 0) is 4.74 Å². The molecule has 10 heteroatoms. The lowest BCUT2D eigenvalue weighted by Gasteiger charge is -2.36. The molecule has 0 spiro atoms. The fourth-order valence-corrected chi connectivity index (χ4v) is 5.43. The maximum absolute atomic E-state index is 11.1. The molecule has 1 fully saturated rings. The number of hydrogen-bond donors (Lipinski definition) is 1. The largest absolute Gasteiger partial charge is 0.478 e. The number of carboxylic acids is 1. The van der Waals surface area contributed by atoms with Crippen LogP contribution >= 0.6 is 23.7 Å². The summed E-state index contributed by atoms with van der Waals surface area (Å²) in [4.78, 5) is 21.6. The molecule has 4 aromatic rings. The van der Waals surface area contributed by atoms with E-state index in [9.17, 15) is 4.79 Å².